The summed E-state index contributed by atoms with van der Waals surface area (Å²) in [4.78, 5) is 21.0. The van der Waals surface area contributed by atoms with Gasteiger partial charge in [-0.15, -0.1) is 0 Å². The molecule has 0 aliphatic carbocycles. The second-order valence-electron chi connectivity index (χ2n) is 5.71. The van der Waals surface area contributed by atoms with E-state index in [1.165, 1.54) is 0 Å². The number of aromatic nitrogens is 2. The molecule has 0 atom stereocenters. The molecule has 1 aromatic carbocycles. The Bertz CT molecular complexity index is 657. The Balaban J connectivity index is 2.24. The van der Waals surface area contributed by atoms with E-state index in [0.717, 1.165) is 22.6 Å². The highest BCUT2D eigenvalue weighted by molar-refractivity contribution is 6.04. The molecule has 0 spiro atoms. The summed E-state index contributed by atoms with van der Waals surface area (Å²) in [6.45, 7) is 9.92. The summed E-state index contributed by atoms with van der Waals surface area (Å²) in [5.41, 5.74) is 4.25. The minimum absolute atomic E-state index is 0.173. The van der Waals surface area contributed by atoms with Crippen LogP contribution in [0.1, 0.15) is 52.8 Å². The van der Waals surface area contributed by atoms with Crippen LogP contribution in [0.2, 0.25) is 0 Å². The first-order chi connectivity index (χ1) is 9.86. The largest absolute Gasteiger partial charge is 0.322 e. The van der Waals surface area contributed by atoms with Crippen LogP contribution in [0.15, 0.2) is 24.4 Å². The molecule has 0 radical (unpaired) electrons. The molecule has 0 fully saturated rings. The molecule has 0 saturated carbocycles. The number of carbonyl (C=O) groups excluding carboxylic acids is 1. The smallest absolute Gasteiger partial charge is 0.259 e. The molecule has 110 valence electrons. The summed E-state index contributed by atoms with van der Waals surface area (Å²) in [7, 11) is 0. The van der Waals surface area contributed by atoms with Crippen LogP contribution < -0.4 is 5.32 Å². The molecule has 4 nitrogen and oxygen atoms in total. The summed E-state index contributed by atoms with van der Waals surface area (Å²) in [6, 6.07) is 5.97. The van der Waals surface area contributed by atoms with Crippen molar-refractivity contribution in [3.8, 4) is 0 Å². The Morgan fingerprint density at radius 1 is 1.10 bits per heavy atom. The average Bonchev–Trinajstić information content (AvgIpc) is 2.36. The van der Waals surface area contributed by atoms with E-state index in [-0.39, 0.29) is 11.8 Å². The van der Waals surface area contributed by atoms with E-state index in [0.29, 0.717) is 11.3 Å². The van der Waals surface area contributed by atoms with Gasteiger partial charge in [0, 0.05) is 17.8 Å². The molecule has 0 unspecified atom stereocenters. The molecule has 0 aliphatic heterocycles. The van der Waals surface area contributed by atoms with Gasteiger partial charge in [-0.1, -0.05) is 19.9 Å². The molecule has 1 aromatic heterocycles. The summed E-state index contributed by atoms with van der Waals surface area (Å²) in [5.74, 6) is 0.837. The average molecular weight is 283 g/mol. The molecule has 2 aromatic rings. The Hall–Kier alpha value is -2.23. The third-order valence-corrected chi connectivity index (χ3v) is 3.24. The predicted molar refractivity (Wildman–Crippen MR) is 84.7 cm³/mol. The van der Waals surface area contributed by atoms with Crippen molar-refractivity contribution in [1.82, 2.24) is 9.97 Å². The number of amides is 1. The predicted octanol–water partition coefficient (Wildman–Crippen LogP) is 3.78. The van der Waals surface area contributed by atoms with E-state index in [4.69, 9.17) is 0 Å². The van der Waals surface area contributed by atoms with Crippen molar-refractivity contribution >= 4 is 11.6 Å². The van der Waals surface area contributed by atoms with Crippen molar-refractivity contribution < 1.29 is 4.79 Å². The molecule has 0 bridgehead atoms. The third-order valence-electron chi connectivity index (χ3n) is 3.24. The zero-order chi connectivity index (χ0) is 15.6. The summed E-state index contributed by atoms with van der Waals surface area (Å²) in [6.07, 6.45) is 1.61. The first-order valence-electron chi connectivity index (χ1n) is 7.10. The standard InChI is InChI=1S/C17H21N3O/c1-10(2)16-18-9-15(13(5)19-16)17(21)20-14-7-11(3)6-12(4)8-14/h6-10H,1-5H3,(H,20,21). The van der Waals surface area contributed by atoms with Crippen molar-refractivity contribution in [1.29, 1.82) is 0 Å². The van der Waals surface area contributed by atoms with E-state index in [9.17, 15) is 4.79 Å². The number of hydrogen-bond donors (Lipinski definition) is 1. The number of carbonyl (C=O) groups is 1. The van der Waals surface area contributed by atoms with Crippen molar-refractivity contribution in [2.45, 2.75) is 40.5 Å². The highest BCUT2D eigenvalue weighted by atomic mass is 16.1. The topological polar surface area (TPSA) is 54.9 Å². The van der Waals surface area contributed by atoms with E-state index >= 15 is 0 Å². The molecule has 2 rings (SSSR count). The molecule has 1 heterocycles. The van der Waals surface area contributed by atoms with E-state index in [1.54, 1.807) is 6.20 Å². The van der Waals surface area contributed by atoms with Gasteiger partial charge in [-0.3, -0.25) is 4.79 Å². The Labute approximate surface area is 125 Å². The van der Waals surface area contributed by atoms with E-state index in [2.05, 4.69) is 21.4 Å². The second-order valence-corrected chi connectivity index (χ2v) is 5.71. The van der Waals surface area contributed by atoms with Crippen LogP contribution in [0.3, 0.4) is 0 Å². The minimum Gasteiger partial charge on any atom is -0.322 e. The molecule has 21 heavy (non-hydrogen) atoms. The van der Waals surface area contributed by atoms with Gasteiger partial charge in [0.25, 0.3) is 5.91 Å². The summed E-state index contributed by atoms with van der Waals surface area (Å²) < 4.78 is 0. The number of nitrogens with one attached hydrogen (secondary N) is 1. The van der Waals surface area contributed by atoms with Crippen molar-refractivity contribution in [3.63, 3.8) is 0 Å². The fourth-order valence-corrected chi connectivity index (χ4v) is 2.23. The molecule has 0 saturated heterocycles. The van der Waals surface area contributed by atoms with Crippen LogP contribution in [0, 0.1) is 20.8 Å². The number of nitrogens with zero attached hydrogens (tertiary/aromatic N) is 2. The first kappa shape index (κ1) is 15.2. The zero-order valence-electron chi connectivity index (χ0n) is 13.2. The Morgan fingerprint density at radius 2 is 1.71 bits per heavy atom. The van der Waals surface area contributed by atoms with E-state index in [1.807, 2.05) is 46.8 Å². The molecule has 4 heteroatoms. The lowest BCUT2D eigenvalue weighted by atomic mass is 10.1. The van der Waals surface area contributed by atoms with Crippen molar-refractivity contribution in [2.24, 2.45) is 0 Å². The maximum absolute atomic E-state index is 12.3. The van der Waals surface area contributed by atoms with Gasteiger partial charge >= 0.3 is 0 Å². The molecule has 0 aliphatic rings. The van der Waals surface area contributed by atoms with Crippen LogP contribution >= 0.6 is 0 Å². The van der Waals surface area contributed by atoms with Gasteiger partial charge in [0.15, 0.2) is 0 Å². The van der Waals surface area contributed by atoms with Crippen molar-refractivity contribution in [2.75, 3.05) is 5.32 Å². The van der Waals surface area contributed by atoms with Crippen LogP contribution in [0.4, 0.5) is 5.69 Å². The van der Waals surface area contributed by atoms with E-state index < -0.39 is 0 Å². The zero-order valence-corrected chi connectivity index (χ0v) is 13.2. The highest BCUT2D eigenvalue weighted by Crippen LogP contribution is 2.16. The molecular formula is C17H21N3O. The number of benzene rings is 1. The second kappa shape index (κ2) is 6.04. The third kappa shape index (κ3) is 3.66. The van der Waals surface area contributed by atoms with Gasteiger partial charge in [0.05, 0.1) is 11.3 Å². The van der Waals surface area contributed by atoms with Gasteiger partial charge in [0.1, 0.15) is 5.82 Å². The normalized spacial score (nSPS) is 10.8. The monoisotopic (exact) mass is 283 g/mol. The van der Waals surface area contributed by atoms with Crippen LogP contribution in [-0.4, -0.2) is 15.9 Å². The quantitative estimate of drug-likeness (QED) is 0.932. The SMILES string of the molecule is Cc1cc(C)cc(NC(=O)c2cnc(C(C)C)nc2C)c1. The van der Waals surface area contributed by atoms with Gasteiger partial charge in [-0.25, -0.2) is 9.97 Å². The Morgan fingerprint density at radius 3 is 2.24 bits per heavy atom. The Kier molecular flexibility index (Phi) is 4.36. The number of aryl methyl sites for hydroxylation is 3. The molecule has 1 amide bonds. The summed E-state index contributed by atoms with van der Waals surface area (Å²) in [5, 5.41) is 2.91. The lowest BCUT2D eigenvalue weighted by Crippen LogP contribution is -2.16. The maximum atomic E-state index is 12.3. The van der Waals surface area contributed by atoms with Crippen molar-refractivity contribution in [3.05, 3.63) is 52.6 Å². The maximum Gasteiger partial charge on any atom is 0.259 e. The lowest BCUT2D eigenvalue weighted by Gasteiger charge is -2.10. The van der Waals surface area contributed by atoms with Gasteiger partial charge < -0.3 is 5.32 Å². The number of rotatable bonds is 3. The number of anilines is 1. The van der Waals surface area contributed by atoms with Gasteiger partial charge in [-0.2, -0.15) is 0 Å². The van der Waals surface area contributed by atoms with Gasteiger partial charge in [-0.05, 0) is 44.0 Å². The van der Waals surface area contributed by atoms with Crippen LogP contribution in [0.5, 0.6) is 0 Å². The minimum atomic E-state index is -0.173. The fourth-order valence-electron chi connectivity index (χ4n) is 2.23. The highest BCUT2D eigenvalue weighted by Gasteiger charge is 2.13. The van der Waals surface area contributed by atoms with Crippen LogP contribution in [0.25, 0.3) is 0 Å². The number of hydrogen-bond acceptors (Lipinski definition) is 3. The fraction of sp³-hybridized carbons (Fsp3) is 0.353. The van der Waals surface area contributed by atoms with Gasteiger partial charge in [0.2, 0.25) is 0 Å². The first-order valence-corrected chi connectivity index (χ1v) is 7.10. The molecular weight excluding hydrogens is 262 g/mol. The summed E-state index contributed by atoms with van der Waals surface area (Å²) >= 11 is 0. The van der Waals surface area contributed by atoms with Crippen LogP contribution in [-0.2, 0) is 0 Å². The molecule has 1 N–H and O–H groups in total. The lowest BCUT2D eigenvalue weighted by molar-refractivity contribution is 0.102.